The van der Waals surface area contributed by atoms with Crippen LogP contribution in [-0.2, 0) is 16.7 Å². The van der Waals surface area contributed by atoms with Crippen molar-refractivity contribution in [1.29, 1.82) is 0 Å². The monoisotopic (exact) mass is 456 g/mol. The van der Waals surface area contributed by atoms with Crippen LogP contribution in [0.15, 0.2) is 59.6 Å². The average molecular weight is 458 g/mol. The first-order valence-electron chi connectivity index (χ1n) is 7.42. The molecular weight excluding hydrogens is 444 g/mol. The summed E-state index contributed by atoms with van der Waals surface area (Å²) in [7, 11) is -4.08. The summed E-state index contributed by atoms with van der Waals surface area (Å²) >= 11 is 9.29. The second-order valence-corrected chi connectivity index (χ2v) is 7.93. The number of hydrogen-bond acceptors (Lipinski definition) is 5. The summed E-state index contributed by atoms with van der Waals surface area (Å²) in [5.41, 5.74) is 1.95. The molecule has 1 atom stereocenters. The van der Waals surface area contributed by atoms with Crippen molar-refractivity contribution in [1.82, 2.24) is 14.8 Å². The van der Waals surface area contributed by atoms with Gasteiger partial charge < -0.3 is 4.18 Å². The number of halogens is 2. The third kappa shape index (κ3) is 4.82. The largest absolute Gasteiger partial charge is 0.380 e. The van der Waals surface area contributed by atoms with E-state index in [0.29, 0.717) is 15.9 Å². The predicted octanol–water partition coefficient (Wildman–Crippen LogP) is 3.11. The Hall–Kier alpha value is -1.94. The Labute approximate surface area is 164 Å². The van der Waals surface area contributed by atoms with Gasteiger partial charge in [0.1, 0.15) is 12.7 Å². The molecule has 0 aliphatic heterocycles. The molecule has 1 aromatic heterocycles. The summed E-state index contributed by atoms with van der Waals surface area (Å²) in [5.74, 6) is 0.125. The number of rotatable bonds is 6. The van der Waals surface area contributed by atoms with Crippen LogP contribution in [0.3, 0.4) is 0 Å². The van der Waals surface area contributed by atoms with Crippen molar-refractivity contribution in [2.24, 2.45) is 5.14 Å². The zero-order chi connectivity index (χ0) is 18.7. The quantitative estimate of drug-likeness (QED) is 0.613. The van der Waals surface area contributed by atoms with Gasteiger partial charge in [0.2, 0.25) is 0 Å². The second kappa shape index (κ2) is 7.75. The fraction of sp³-hybridized carbons (Fsp3) is 0.125. The minimum Gasteiger partial charge on any atom is -0.370 e. The van der Waals surface area contributed by atoms with E-state index < -0.39 is 10.3 Å². The zero-order valence-electron chi connectivity index (χ0n) is 13.3. The Morgan fingerprint density at radius 1 is 1.23 bits per heavy atom. The van der Waals surface area contributed by atoms with Gasteiger partial charge in [-0.05, 0) is 57.7 Å². The van der Waals surface area contributed by atoms with Crippen LogP contribution in [-0.4, -0.2) is 23.2 Å². The molecule has 0 spiro atoms. The summed E-state index contributed by atoms with van der Waals surface area (Å²) < 4.78 is 29.1. The van der Waals surface area contributed by atoms with Crippen molar-refractivity contribution in [3.8, 4) is 5.75 Å². The molecule has 0 bridgehead atoms. The van der Waals surface area contributed by atoms with Crippen LogP contribution in [0.4, 0.5) is 0 Å². The van der Waals surface area contributed by atoms with Crippen LogP contribution in [0.2, 0.25) is 5.02 Å². The van der Waals surface area contributed by atoms with Gasteiger partial charge in [0.25, 0.3) is 0 Å². The van der Waals surface area contributed by atoms with Gasteiger partial charge in [0, 0.05) is 5.02 Å². The first-order valence-corrected chi connectivity index (χ1v) is 10.1. The molecule has 7 nitrogen and oxygen atoms in total. The lowest BCUT2D eigenvalue weighted by Crippen LogP contribution is -2.19. The Balaban J connectivity index is 1.90. The lowest BCUT2D eigenvalue weighted by atomic mass is 9.99. The van der Waals surface area contributed by atoms with Crippen molar-refractivity contribution in [2.75, 3.05) is 0 Å². The van der Waals surface area contributed by atoms with Gasteiger partial charge in [-0.2, -0.15) is 18.7 Å². The standard InChI is InChI=1S/C16H14BrClN4O3S/c17-14-7-11(1-6-16(14)25-26(19,23)24)8-15(22-10-20-9-21-22)12-2-4-13(18)5-3-12/h1-7,9-10,15H,8H2,(H2,19,23,24). The molecule has 26 heavy (non-hydrogen) atoms. The third-order valence-electron chi connectivity index (χ3n) is 3.64. The van der Waals surface area contributed by atoms with Crippen LogP contribution in [0.5, 0.6) is 5.75 Å². The maximum Gasteiger partial charge on any atom is 0.380 e. The predicted molar refractivity (Wildman–Crippen MR) is 101 cm³/mol. The molecule has 2 aromatic carbocycles. The van der Waals surface area contributed by atoms with E-state index >= 15 is 0 Å². The zero-order valence-corrected chi connectivity index (χ0v) is 16.4. The lowest BCUT2D eigenvalue weighted by Gasteiger charge is -2.18. The van der Waals surface area contributed by atoms with E-state index in [2.05, 4.69) is 26.0 Å². The van der Waals surface area contributed by atoms with Gasteiger partial charge >= 0.3 is 10.3 Å². The molecule has 10 heteroatoms. The highest BCUT2D eigenvalue weighted by molar-refractivity contribution is 9.10. The molecule has 0 aliphatic carbocycles. The van der Waals surface area contributed by atoms with E-state index in [9.17, 15) is 8.42 Å². The van der Waals surface area contributed by atoms with Gasteiger partial charge in [-0.15, -0.1) is 0 Å². The number of benzene rings is 2. The normalized spacial score (nSPS) is 12.7. The summed E-state index contributed by atoms with van der Waals surface area (Å²) in [4.78, 5) is 4.02. The van der Waals surface area contributed by atoms with E-state index in [4.69, 9.17) is 20.9 Å². The van der Waals surface area contributed by atoms with Crippen LogP contribution in [0.25, 0.3) is 0 Å². The molecule has 0 radical (unpaired) electrons. The highest BCUT2D eigenvalue weighted by Crippen LogP contribution is 2.30. The Bertz CT molecular complexity index is 995. The molecule has 3 rings (SSSR count). The number of hydrogen-bond donors (Lipinski definition) is 1. The lowest BCUT2D eigenvalue weighted by molar-refractivity contribution is 0.485. The minimum absolute atomic E-state index is 0.105. The van der Waals surface area contributed by atoms with Crippen molar-refractivity contribution < 1.29 is 12.6 Å². The molecular formula is C16H14BrClN4O3S. The Kier molecular flexibility index (Phi) is 5.61. The maximum atomic E-state index is 11.1. The molecule has 1 unspecified atom stereocenters. The first-order chi connectivity index (χ1) is 12.3. The highest BCUT2D eigenvalue weighted by Gasteiger charge is 2.17. The number of nitrogens with zero attached hydrogens (tertiary/aromatic N) is 3. The Morgan fingerprint density at radius 2 is 1.96 bits per heavy atom. The highest BCUT2D eigenvalue weighted by atomic mass is 79.9. The van der Waals surface area contributed by atoms with Gasteiger partial charge in [0.05, 0.1) is 10.5 Å². The minimum atomic E-state index is -4.08. The molecule has 136 valence electrons. The van der Waals surface area contributed by atoms with Crippen LogP contribution < -0.4 is 9.32 Å². The van der Waals surface area contributed by atoms with Crippen LogP contribution >= 0.6 is 27.5 Å². The van der Waals surface area contributed by atoms with Gasteiger partial charge in [-0.3, -0.25) is 0 Å². The fourth-order valence-electron chi connectivity index (χ4n) is 2.51. The second-order valence-electron chi connectivity index (χ2n) is 5.49. The van der Waals surface area contributed by atoms with E-state index in [1.54, 1.807) is 29.2 Å². The molecule has 3 aromatic rings. The summed E-state index contributed by atoms with van der Waals surface area (Å²) in [6.45, 7) is 0. The summed E-state index contributed by atoms with van der Waals surface area (Å²) in [6.07, 6.45) is 3.72. The van der Waals surface area contributed by atoms with Gasteiger partial charge in [-0.25, -0.2) is 9.67 Å². The third-order valence-corrected chi connectivity index (χ3v) is 4.93. The topological polar surface area (TPSA) is 100 Å². The first kappa shape index (κ1) is 18.8. The van der Waals surface area contributed by atoms with Crippen LogP contribution in [0, 0.1) is 0 Å². The average Bonchev–Trinajstić information content (AvgIpc) is 3.09. The summed E-state index contributed by atoms with van der Waals surface area (Å²) in [5, 5.41) is 9.80. The molecule has 0 saturated carbocycles. The molecule has 0 fully saturated rings. The van der Waals surface area contributed by atoms with Crippen molar-refractivity contribution in [2.45, 2.75) is 12.5 Å². The van der Waals surface area contributed by atoms with Crippen LogP contribution in [0.1, 0.15) is 17.2 Å². The molecule has 1 heterocycles. The molecule has 0 amide bonds. The van der Waals surface area contributed by atoms with Crippen molar-refractivity contribution >= 4 is 37.8 Å². The van der Waals surface area contributed by atoms with E-state index in [1.807, 2.05) is 24.3 Å². The molecule has 0 aliphatic rings. The number of nitrogens with two attached hydrogens (primary N) is 1. The molecule has 2 N–H and O–H groups in total. The van der Waals surface area contributed by atoms with Crippen molar-refractivity contribution in [3.63, 3.8) is 0 Å². The molecule has 0 saturated heterocycles. The fourth-order valence-corrected chi connectivity index (χ4v) is 3.65. The van der Waals surface area contributed by atoms with E-state index in [-0.39, 0.29) is 11.8 Å². The summed E-state index contributed by atoms with van der Waals surface area (Å²) in [6, 6.07) is 12.5. The SMILES string of the molecule is NS(=O)(=O)Oc1ccc(CC(c2ccc(Cl)cc2)n2cncn2)cc1Br. The van der Waals surface area contributed by atoms with E-state index in [0.717, 1.165) is 11.1 Å². The van der Waals surface area contributed by atoms with E-state index in [1.165, 1.54) is 6.33 Å². The smallest absolute Gasteiger partial charge is 0.370 e. The Morgan fingerprint density at radius 3 is 2.54 bits per heavy atom. The van der Waals surface area contributed by atoms with Gasteiger partial charge in [0.15, 0.2) is 5.75 Å². The number of aromatic nitrogens is 3. The van der Waals surface area contributed by atoms with Crippen molar-refractivity contribution in [3.05, 3.63) is 75.7 Å². The maximum absolute atomic E-state index is 11.1. The van der Waals surface area contributed by atoms with Gasteiger partial charge in [-0.1, -0.05) is 29.8 Å².